The number of carboxylic acids is 1. The smallest absolute Gasteiger partial charge is 0.309 e. The van der Waals surface area contributed by atoms with Gasteiger partial charge in [-0.15, -0.1) is 0 Å². The van der Waals surface area contributed by atoms with E-state index in [1.165, 1.54) is 5.56 Å². The van der Waals surface area contributed by atoms with E-state index in [-0.39, 0.29) is 5.92 Å². The van der Waals surface area contributed by atoms with Gasteiger partial charge < -0.3 is 10.0 Å². The number of carbonyl (C=O) groups is 1. The van der Waals surface area contributed by atoms with Gasteiger partial charge >= 0.3 is 5.97 Å². The van der Waals surface area contributed by atoms with Crippen molar-refractivity contribution in [2.45, 2.75) is 5.75 Å². The average Bonchev–Trinajstić information content (AvgIpc) is 2.27. The Kier molecular flexibility index (Phi) is 4.45. The molecule has 1 fully saturated rings. The van der Waals surface area contributed by atoms with E-state index in [1.54, 1.807) is 0 Å². The Labute approximate surface area is 106 Å². The Morgan fingerprint density at radius 2 is 2.06 bits per heavy atom. The molecule has 1 aliphatic rings. The molecule has 0 radical (unpaired) electrons. The maximum atomic E-state index is 10.6. The van der Waals surface area contributed by atoms with Gasteiger partial charge in [0.2, 0.25) is 0 Å². The predicted octanol–water partition coefficient (Wildman–Crippen LogP) is 1.94. The number of hydrogen-bond acceptors (Lipinski definition) is 3. The van der Waals surface area contributed by atoms with Gasteiger partial charge in [-0.3, -0.25) is 4.79 Å². The highest BCUT2D eigenvalue weighted by atomic mass is 32.2. The zero-order valence-corrected chi connectivity index (χ0v) is 10.5. The lowest BCUT2D eigenvalue weighted by Gasteiger charge is -2.36. The molecule has 3 nitrogen and oxygen atoms in total. The molecule has 17 heavy (non-hydrogen) atoms. The minimum atomic E-state index is -0.654. The van der Waals surface area contributed by atoms with Gasteiger partial charge in [0.05, 0.1) is 5.92 Å². The van der Waals surface area contributed by atoms with Crippen molar-refractivity contribution in [1.29, 1.82) is 0 Å². The van der Waals surface area contributed by atoms with E-state index in [9.17, 15) is 4.79 Å². The van der Waals surface area contributed by atoms with Crippen LogP contribution in [0.5, 0.6) is 0 Å². The molecule has 0 atom stereocenters. The first kappa shape index (κ1) is 12.5. The minimum Gasteiger partial charge on any atom is -0.481 e. The average molecular weight is 251 g/mol. The first-order valence-corrected chi connectivity index (χ1v) is 6.98. The maximum absolute atomic E-state index is 10.6. The fourth-order valence-electron chi connectivity index (χ4n) is 1.87. The summed E-state index contributed by atoms with van der Waals surface area (Å²) in [6.45, 7) is 2.45. The van der Waals surface area contributed by atoms with Gasteiger partial charge in [0.1, 0.15) is 0 Å². The first-order valence-electron chi connectivity index (χ1n) is 5.82. The second-order valence-electron chi connectivity index (χ2n) is 4.33. The van der Waals surface area contributed by atoms with Crippen LogP contribution in [0.1, 0.15) is 5.56 Å². The molecule has 1 aromatic rings. The summed E-state index contributed by atoms with van der Waals surface area (Å²) in [5.74, 6) is 1.32. The van der Waals surface area contributed by atoms with Crippen LogP contribution in [-0.4, -0.2) is 41.4 Å². The molecule has 0 aromatic heterocycles. The molecule has 1 aromatic carbocycles. The quantitative estimate of drug-likeness (QED) is 0.784. The van der Waals surface area contributed by atoms with Crippen molar-refractivity contribution >= 4 is 17.7 Å². The zero-order valence-electron chi connectivity index (χ0n) is 9.71. The van der Waals surface area contributed by atoms with Crippen molar-refractivity contribution in [2.75, 3.05) is 25.4 Å². The van der Waals surface area contributed by atoms with Crippen LogP contribution in [0.15, 0.2) is 30.3 Å². The molecule has 0 saturated carbocycles. The molecule has 0 unspecified atom stereocenters. The van der Waals surface area contributed by atoms with E-state index in [2.05, 4.69) is 29.2 Å². The fourth-order valence-corrected chi connectivity index (χ4v) is 2.83. The number of nitrogens with zero attached hydrogens (tertiary/aromatic N) is 1. The van der Waals surface area contributed by atoms with Crippen molar-refractivity contribution in [3.05, 3.63) is 35.9 Å². The normalized spacial score (nSPS) is 16.7. The Morgan fingerprint density at radius 3 is 2.71 bits per heavy atom. The molecule has 1 aliphatic heterocycles. The van der Waals surface area contributed by atoms with Crippen LogP contribution in [-0.2, 0) is 10.5 Å². The van der Waals surface area contributed by atoms with E-state index < -0.39 is 5.97 Å². The molecule has 4 heteroatoms. The number of aliphatic carboxylic acids is 1. The highest BCUT2D eigenvalue weighted by Gasteiger charge is 2.31. The summed E-state index contributed by atoms with van der Waals surface area (Å²) >= 11 is 1.90. The monoisotopic (exact) mass is 251 g/mol. The van der Waals surface area contributed by atoms with Crippen molar-refractivity contribution in [3.8, 4) is 0 Å². The van der Waals surface area contributed by atoms with Gasteiger partial charge in [0.15, 0.2) is 0 Å². The highest BCUT2D eigenvalue weighted by Crippen LogP contribution is 2.17. The lowest BCUT2D eigenvalue weighted by atomic mass is 10.0. The third kappa shape index (κ3) is 3.75. The fraction of sp³-hybridized carbons (Fsp3) is 0.462. The Bertz CT molecular complexity index is 363. The molecule has 0 bridgehead atoms. The minimum absolute atomic E-state index is 0.130. The number of hydrogen-bond donors (Lipinski definition) is 1. The molecule has 1 saturated heterocycles. The summed E-state index contributed by atoms with van der Waals surface area (Å²) in [7, 11) is 0. The molecule has 0 spiro atoms. The molecule has 0 aliphatic carbocycles. The second-order valence-corrected chi connectivity index (χ2v) is 5.44. The molecule has 92 valence electrons. The van der Waals surface area contributed by atoms with E-state index in [0.29, 0.717) is 0 Å². The standard InChI is InChI=1S/C13H17NO2S/c15-13(16)12-8-14(9-12)6-7-17-10-11-4-2-1-3-5-11/h1-5,12H,6-10H2,(H,15,16). The van der Waals surface area contributed by atoms with Crippen LogP contribution < -0.4 is 0 Å². The van der Waals surface area contributed by atoms with Crippen LogP contribution in [0.4, 0.5) is 0 Å². The van der Waals surface area contributed by atoms with Gasteiger partial charge in [0.25, 0.3) is 0 Å². The van der Waals surface area contributed by atoms with Crippen LogP contribution in [0, 0.1) is 5.92 Å². The number of carboxylic acid groups (broad SMARTS) is 1. The van der Waals surface area contributed by atoms with Crippen LogP contribution >= 0.6 is 11.8 Å². The van der Waals surface area contributed by atoms with E-state index in [4.69, 9.17) is 5.11 Å². The van der Waals surface area contributed by atoms with Gasteiger partial charge in [-0.05, 0) is 5.56 Å². The largest absolute Gasteiger partial charge is 0.481 e. The summed E-state index contributed by atoms with van der Waals surface area (Å²) in [5, 5.41) is 8.74. The van der Waals surface area contributed by atoms with Gasteiger partial charge in [-0.25, -0.2) is 0 Å². The Balaban J connectivity index is 1.55. The molecular weight excluding hydrogens is 234 g/mol. The maximum Gasteiger partial charge on any atom is 0.309 e. The van der Waals surface area contributed by atoms with Crippen LogP contribution in [0.2, 0.25) is 0 Å². The summed E-state index contributed by atoms with van der Waals surface area (Å²) in [6.07, 6.45) is 0. The van der Waals surface area contributed by atoms with E-state index in [1.807, 2.05) is 17.8 Å². The van der Waals surface area contributed by atoms with E-state index >= 15 is 0 Å². The van der Waals surface area contributed by atoms with Crippen molar-refractivity contribution in [2.24, 2.45) is 5.92 Å². The third-order valence-corrected chi connectivity index (χ3v) is 3.98. The SMILES string of the molecule is O=C(O)C1CN(CCSCc2ccccc2)C1. The number of likely N-dealkylation sites (tertiary alicyclic amines) is 1. The highest BCUT2D eigenvalue weighted by molar-refractivity contribution is 7.98. The lowest BCUT2D eigenvalue weighted by Crippen LogP contribution is -2.50. The van der Waals surface area contributed by atoms with Crippen LogP contribution in [0.3, 0.4) is 0 Å². The Morgan fingerprint density at radius 1 is 1.35 bits per heavy atom. The van der Waals surface area contributed by atoms with Crippen molar-refractivity contribution in [3.63, 3.8) is 0 Å². The second kappa shape index (κ2) is 6.07. The van der Waals surface area contributed by atoms with Crippen molar-refractivity contribution < 1.29 is 9.90 Å². The predicted molar refractivity (Wildman–Crippen MR) is 70.2 cm³/mol. The topological polar surface area (TPSA) is 40.5 Å². The molecule has 1 N–H and O–H groups in total. The number of rotatable bonds is 6. The van der Waals surface area contributed by atoms with Gasteiger partial charge in [-0.2, -0.15) is 11.8 Å². The van der Waals surface area contributed by atoms with Crippen molar-refractivity contribution in [1.82, 2.24) is 4.90 Å². The summed E-state index contributed by atoms with van der Waals surface area (Å²) in [6, 6.07) is 10.4. The number of thioether (sulfide) groups is 1. The lowest BCUT2D eigenvalue weighted by molar-refractivity contribution is -0.147. The van der Waals surface area contributed by atoms with E-state index in [0.717, 1.165) is 31.1 Å². The molecule has 2 rings (SSSR count). The van der Waals surface area contributed by atoms with Gasteiger partial charge in [0, 0.05) is 31.1 Å². The summed E-state index contributed by atoms with van der Waals surface area (Å²) in [4.78, 5) is 12.8. The van der Waals surface area contributed by atoms with Gasteiger partial charge in [-0.1, -0.05) is 30.3 Å². The molecule has 1 heterocycles. The first-order chi connectivity index (χ1) is 8.25. The summed E-state index contributed by atoms with van der Waals surface area (Å²) < 4.78 is 0. The zero-order chi connectivity index (χ0) is 12.1. The summed E-state index contributed by atoms with van der Waals surface area (Å²) in [5.41, 5.74) is 1.35. The molecular formula is C13H17NO2S. The number of benzene rings is 1. The molecule has 0 amide bonds. The third-order valence-electron chi connectivity index (χ3n) is 2.97. The van der Waals surface area contributed by atoms with Crippen LogP contribution in [0.25, 0.3) is 0 Å². The Hall–Kier alpha value is -1.00.